The third-order valence-electron chi connectivity index (χ3n) is 6.03. The summed E-state index contributed by atoms with van der Waals surface area (Å²) in [6.45, 7) is 9.22. The van der Waals surface area contributed by atoms with Crippen molar-refractivity contribution in [3.05, 3.63) is 0 Å². The van der Waals surface area contributed by atoms with Crippen molar-refractivity contribution in [1.82, 2.24) is 15.5 Å². The molecule has 0 spiro atoms. The number of likely N-dealkylation sites (tertiary alicyclic amines) is 1. The Balaban J connectivity index is 2.84. The number of aliphatic carboxylic acids is 2. The van der Waals surface area contributed by atoms with E-state index in [-0.39, 0.29) is 37.8 Å². The molecule has 4 atom stereocenters. The lowest BCUT2D eigenvalue weighted by molar-refractivity contribution is -0.153. The monoisotopic (exact) mass is 514 g/mol. The summed E-state index contributed by atoms with van der Waals surface area (Å²) in [6, 6.07) is -2.66. The van der Waals surface area contributed by atoms with Crippen LogP contribution >= 0.6 is 0 Å². The highest BCUT2D eigenvalue weighted by Gasteiger charge is 2.39. The molecule has 1 aliphatic heterocycles. The second-order valence-electron chi connectivity index (χ2n) is 10.0. The molecule has 0 aromatic rings. The Morgan fingerprint density at radius 1 is 1.00 bits per heavy atom. The van der Waals surface area contributed by atoms with Gasteiger partial charge >= 0.3 is 18.0 Å². The lowest BCUT2D eigenvalue weighted by Crippen LogP contribution is -2.55. The molecule has 1 saturated heterocycles. The first kappa shape index (κ1) is 30.7. The van der Waals surface area contributed by atoms with Crippen molar-refractivity contribution < 1.29 is 43.7 Å². The molecule has 4 amide bonds. The van der Waals surface area contributed by atoms with Crippen LogP contribution in [0.1, 0.15) is 60.3 Å². The standard InChI is InChI=1S/C23H38N4O9/c1-6-12(2)16(26-22(35)36-23(3,4)5)19(30)27-9-7-13(8-10-27)18(29)25-17(21(33)34)14(20(31)32)11-15(24)28/h12-14,16-17H,6-11H2,1-5H3,(H2,24,28)(H,25,29)(H,26,35)(H,31,32)(H,33,34)/t12-,14+,16+,17+/m1/s1. The first-order valence-corrected chi connectivity index (χ1v) is 11.9. The highest BCUT2D eigenvalue weighted by atomic mass is 16.6. The van der Waals surface area contributed by atoms with E-state index in [2.05, 4.69) is 10.6 Å². The number of hydrogen-bond donors (Lipinski definition) is 5. The van der Waals surface area contributed by atoms with Gasteiger partial charge in [0.05, 0.1) is 5.92 Å². The molecule has 13 heteroatoms. The van der Waals surface area contributed by atoms with Gasteiger partial charge in [0.15, 0.2) is 0 Å². The van der Waals surface area contributed by atoms with E-state index in [1.165, 1.54) is 4.90 Å². The second kappa shape index (κ2) is 13.1. The van der Waals surface area contributed by atoms with Crippen LogP contribution in [0.2, 0.25) is 0 Å². The van der Waals surface area contributed by atoms with Gasteiger partial charge in [0.25, 0.3) is 0 Å². The van der Waals surface area contributed by atoms with E-state index >= 15 is 0 Å². The molecule has 1 aliphatic rings. The van der Waals surface area contributed by atoms with Gasteiger partial charge in [-0.3, -0.25) is 19.2 Å². The van der Waals surface area contributed by atoms with Crippen LogP contribution in [0.3, 0.4) is 0 Å². The molecule has 0 aromatic heterocycles. The highest BCUT2D eigenvalue weighted by Crippen LogP contribution is 2.22. The smallest absolute Gasteiger partial charge is 0.408 e. The maximum absolute atomic E-state index is 13.2. The molecule has 0 saturated carbocycles. The maximum atomic E-state index is 13.2. The molecule has 1 rings (SSSR count). The van der Waals surface area contributed by atoms with Gasteiger partial charge in [0.2, 0.25) is 17.7 Å². The minimum Gasteiger partial charge on any atom is -0.481 e. The Bertz CT molecular complexity index is 847. The number of nitrogens with one attached hydrogen (secondary N) is 2. The number of amides is 4. The lowest BCUT2D eigenvalue weighted by atomic mass is 9.91. The van der Waals surface area contributed by atoms with Crippen LogP contribution in [-0.4, -0.2) is 81.6 Å². The number of carbonyl (C=O) groups excluding carboxylic acids is 4. The zero-order chi connectivity index (χ0) is 27.8. The Hall–Kier alpha value is -3.38. The number of piperidine rings is 1. The summed E-state index contributed by atoms with van der Waals surface area (Å²) in [5.74, 6) is -7.75. The predicted octanol–water partition coefficient (Wildman–Crippen LogP) is 0.310. The van der Waals surface area contributed by atoms with Crippen LogP contribution < -0.4 is 16.4 Å². The molecule has 1 fully saturated rings. The van der Waals surface area contributed by atoms with Crippen molar-refractivity contribution in [2.75, 3.05) is 13.1 Å². The predicted molar refractivity (Wildman–Crippen MR) is 126 cm³/mol. The Morgan fingerprint density at radius 3 is 1.97 bits per heavy atom. The molecule has 36 heavy (non-hydrogen) atoms. The Kier molecular flexibility index (Phi) is 11.1. The molecule has 13 nitrogen and oxygen atoms in total. The number of alkyl carbamates (subject to hydrolysis) is 1. The van der Waals surface area contributed by atoms with Gasteiger partial charge in [-0.05, 0) is 39.5 Å². The van der Waals surface area contributed by atoms with E-state index in [9.17, 15) is 39.0 Å². The summed E-state index contributed by atoms with van der Waals surface area (Å²) in [5.41, 5.74) is 4.29. The van der Waals surface area contributed by atoms with Crippen molar-refractivity contribution in [2.45, 2.75) is 78.0 Å². The number of nitrogens with two attached hydrogens (primary N) is 1. The molecule has 0 unspecified atom stereocenters. The van der Waals surface area contributed by atoms with Crippen LogP contribution in [0.5, 0.6) is 0 Å². The number of primary amides is 1. The molecular formula is C23H38N4O9. The van der Waals surface area contributed by atoms with Crippen molar-refractivity contribution in [3.63, 3.8) is 0 Å². The first-order chi connectivity index (χ1) is 16.6. The molecule has 204 valence electrons. The summed E-state index contributed by atoms with van der Waals surface area (Å²) >= 11 is 0. The summed E-state index contributed by atoms with van der Waals surface area (Å²) < 4.78 is 5.27. The zero-order valence-electron chi connectivity index (χ0n) is 21.4. The summed E-state index contributed by atoms with van der Waals surface area (Å²) in [6.07, 6.45) is -0.424. The number of carboxylic acids is 2. The normalized spacial score (nSPS) is 17.8. The molecule has 6 N–H and O–H groups in total. The minimum absolute atomic E-state index is 0.180. The van der Waals surface area contributed by atoms with E-state index in [4.69, 9.17) is 10.5 Å². The van der Waals surface area contributed by atoms with Gasteiger partial charge in [-0.1, -0.05) is 20.3 Å². The number of ether oxygens (including phenoxy) is 1. The third kappa shape index (κ3) is 9.34. The van der Waals surface area contributed by atoms with E-state index in [1.807, 2.05) is 13.8 Å². The molecule has 1 heterocycles. The summed E-state index contributed by atoms with van der Waals surface area (Å²) in [4.78, 5) is 73.9. The fraction of sp³-hybridized carbons (Fsp3) is 0.739. The fourth-order valence-corrected chi connectivity index (χ4v) is 3.85. The average molecular weight is 515 g/mol. The third-order valence-corrected chi connectivity index (χ3v) is 6.03. The number of nitrogens with zero attached hydrogens (tertiary/aromatic N) is 1. The van der Waals surface area contributed by atoms with Crippen LogP contribution in [0.25, 0.3) is 0 Å². The molecule has 0 bridgehead atoms. The fourth-order valence-electron chi connectivity index (χ4n) is 3.85. The van der Waals surface area contributed by atoms with Gasteiger partial charge in [0, 0.05) is 25.4 Å². The van der Waals surface area contributed by atoms with Crippen molar-refractivity contribution in [2.24, 2.45) is 23.5 Å². The first-order valence-electron chi connectivity index (χ1n) is 11.9. The lowest BCUT2D eigenvalue weighted by Gasteiger charge is -2.36. The van der Waals surface area contributed by atoms with Crippen molar-refractivity contribution in [3.8, 4) is 0 Å². The molecule has 0 aliphatic carbocycles. The maximum Gasteiger partial charge on any atom is 0.408 e. The van der Waals surface area contributed by atoms with Crippen LogP contribution in [0.15, 0.2) is 0 Å². The van der Waals surface area contributed by atoms with Crippen LogP contribution in [0.4, 0.5) is 4.79 Å². The van der Waals surface area contributed by atoms with E-state index in [0.29, 0.717) is 6.42 Å². The van der Waals surface area contributed by atoms with E-state index < -0.39 is 65.8 Å². The average Bonchev–Trinajstić information content (AvgIpc) is 2.77. The number of carbonyl (C=O) groups is 6. The minimum atomic E-state index is -1.84. The number of hydrogen-bond acceptors (Lipinski definition) is 7. The van der Waals surface area contributed by atoms with Gasteiger partial charge in [-0.25, -0.2) is 9.59 Å². The highest BCUT2D eigenvalue weighted by molar-refractivity contribution is 5.91. The SMILES string of the molecule is CC[C@@H](C)[C@H](NC(=O)OC(C)(C)C)C(=O)N1CCC(C(=O)N[C@H](C(=O)O)[C@H](CC(N)=O)C(=O)O)CC1. The number of carboxylic acid groups (broad SMARTS) is 2. The number of rotatable bonds is 11. The second-order valence-corrected chi connectivity index (χ2v) is 10.0. The Labute approximate surface area is 210 Å². The van der Waals surface area contributed by atoms with Gasteiger partial charge in [-0.2, -0.15) is 0 Å². The van der Waals surface area contributed by atoms with Crippen LogP contribution in [0, 0.1) is 17.8 Å². The summed E-state index contributed by atoms with van der Waals surface area (Å²) in [7, 11) is 0. The van der Waals surface area contributed by atoms with Gasteiger partial charge in [0.1, 0.15) is 17.7 Å². The van der Waals surface area contributed by atoms with Crippen LogP contribution in [-0.2, 0) is 28.7 Å². The Morgan fingerprint density at radius 2 is 1.56 bits per heavy atom. The van der Waals surface area contributed by atoms with E-state index in [1.54, 1.807) is 20.8 Å². The molecule has 0 aromatic carbocycles. The zero-order valence-corrected chi connectivity index (χ0v) is 21.4. The topological polar surface area (TPSA) is 205 Å². The quantitative estimate of drug-likeness (QED) is 0.257. The largest absolute Gasteiger partial charge is 0.481 e. The van der Waals surface area contributed by atoms with Crippen molar-refractivity contribution in [1.29, 1.82) is 0 Å². The van der Waals surface area contributed by atoms with E-state index in [0.717, 1.165) is 0 Å². The molecular weight excluding hydrogens is 476 g/mol. The van der Waals surface area contributed by atoms with Gasteiger partial charge in [-0.15, -0.1) is 0 Å². The summed E-state index contributed by atoms with van der Waals surface area (Å²) in [5, 5.41) is 23.6. The van der Waals surface area contributed by atoms with Gasteiger partial charge < -0.3 is 36.2 Å². The van der Waals surface area contributed by atoms with Crippen molar-refractivity contribution >= 4 is 35.8 Å². The molecule has 0 radical (unpaired) electrons.